The molecule has 5 heteroatoms. The van der Waals surface area contributed by atoms with Gasteiger partial charge in [-0.2, -0.15) is 0 Å². The van der Waals surface area contributed by atoms with Crippen LogP contribution in [-0.4, -0.2) is 10.9 Å². The highest BCUT2D eigenvalue weighted by Gasteiger charge is 2.09. The van der Waals surface area contributed by atoms with Crippen LogP contribution in [0.3, 0.4) is 0 Å². The number of nitrogens with one attached hydrogen (secondary N) is 1. The van der Waals surface area contributed by atoms with Gasteiger partial charge in [0.1, 0.15) is 10.3 Å². The first kappa shape index (κ1) is 13.5. The molecule has 0 saturated carbocycles. The summed E-state index contributed by atoms with van der Waals surface area (Å²) in [5.74, 6) is -0.207. The number of aromatic nitrogens is 1. The molecule has 1 aromatic carbocycles. The van der Waals surface area contributed by atoms with Crippen LogP contribution in [0.1, 0.15) is 16.1 Å². The normalized spacial score (nSPS) is 10.2. The minimum Gasteiger partial charge on any atom is -0.320 e. The molecule has 2 aromatic rings. The summed E-state index contributed by atoms with van der Waals surface area (Å²) < 4.78 is 1.73. The van der Waals surface area contributed by atoms with E-state index in [-0.39, 0.29) is 5.91 Å². The molecule has 0 radical (unpaired) electrons. The fourth-order valence-corrected chi connectivity index (χ4v) is 2.28. The molecule has 2 rings (SSSR count). The number of hydrogen-bond donors (Lipinski definition) is 1. The molecule has 0 fully saturated rings. The van der Waals surface area contributed by atoms with Crippen molar-refractivity contribution in [1.29, 1.82) is 0 Å². The summed E-state index contributed by atoms with van der Waals surface area (Å²) in [7, 11) is 0. The Morgan fingerprint density at radius 1 is 1.33 bits per heavy atom. The number of rotatable bonds is 2. The Morgan fingerprint density at radius 3 is 2.83 bits per heavy atom. The van der Waals surface area contributed by atoms with Crippen LogP contribution >= 0.6 is 38.5 Å². The molecular formula is C13H10BrIN2O. The number of halogens is 2. The lowest BCUT2D eigenvalue weighted by atomic mass is 10.2. The molecule has 18 heavy (non-hydrogen) atoms. The van der Waals surface area contributed by atoms with Gasteiger partial charge in [0.05, 0.1) is 0 Å². The van der Waals surface area contributed by atoms with Crippen molar-refractivity contribution in [2.45, 2.75) is 6.92 Å². The van der Waals surface area contributed by atoms with E-state index < -0.39 is 0 Å². The molecule has 1 amide bonds. The number of nitrogens with zero attached hydrogens (tertiary/aromatic N) is 1. The van der Waals surface area contributed by atoms with Gasteiger partial charge in [0.25, 0.3) is 5.91 Å². The smallest absolute Gasteiger partial charge is 0.274 e. The summed E-state index contributed by atoms with van der Waals surface area (Å²) in [6.45, 7) is 1.96. The summed E-state index contributed by atoms with van der Waals surface area (Å²) in [5.41, 5.74) is 2.23. The molecule has 0 unspecified atom stereocenters. The fourth-order valence-electron chi connectivity index (χ4n) is 1.45. The van der Waals surface area contributed by atoms with Crippen LogP contribution in [0.5, 0.6) is 0 Å². The van der Waals surface area contributed by atoms with E-state index in [9.17, 15) is 4.79 Å². The quantitative estimate of drug-likeness (QED) is 0.593. The third-order valence-corrected chi connectivity index (χ3v) is 3.51. The van der Waals surface area contributed by atoms with Gasteiger partial charge in [-0.1, -0.05) is 12.1 Å². The van der Waals surface area contributed by atoms with Gasteiger partial charge in [-0.3, -0.25) is 4.79 Å². The predicted molar refractivity (Wildman–Crippen MR) is 83.8 cm³/mol. The van der Waals surface area contributed by atoms with Gasteiger partial charge >= 0.3 is 0 Å². The minimum absolute atomic E-state index is 0.207. The zero-order valence-electron chi connectivity index (χ0n) is 9.58. The molecule has 1 N–H and O–H groups in total. The molecule has 0 aliphatic rings. The third kappa shape index (κ3) is 3.29. The number of benzene rings is 1. The fraction of sp³-hybridized carbons (Fsp3) is 0.0769. The first-order valence-corrected chi connectivity index (χ1v) is 7.13. The van der Waals surface area contributed by atoms with E-state index in [1.54, 1.807) is 18.2 Å². The largest absolute Gasteiger partial charge is 0.320 e. The molecule has 1 heterocycles. The Kier molecular flexibility index (Phi) is 4.34. The number of aryl methyl sites for hydroxylation is 1. The van der Waals surface area contributed by atoms with Gasteiger partial charge in [-0.15, -0.1) is 0 Å². The summed E-state index contributed by atoms with van der Waals surface area (Å²) in [5, 5.41) is 2.87. The highest BCUT2D eigenvalue weighted by molar-refractivity contribution is 14.1. The number of pyridine rings is 1. The van der Waals surface area contributed by atoms with Crippen LogP contribution in [0, 0.1) is 10.5 Å². The van der Waals surface area contributed by atoms with E-state index in [2.05, 4.69) is 48.8 Å². The van der Waals surface area contributed by atoms with Gasteiger partial charge in [0, 0.05) is 9.26 Å². The third-order valence-electron chi connectivity index (χ3n) is 2.40. The number of carbonyl (C=O) groups excluding carboxylic acids is 1. The van der Waals surface area contributed by atoms with E-state index in [0.717, 1.165) is 14.8 Å². The van der Waals surface area contributed by atoms with Crippen LogP contribution < -0.4 is 5.32 Å². The van der Waals surface area contributed by atoms with Gasteiger partial charge < -0.3 is 5.32 Å². The number of carbonyl (C=O) groups is 1. The second-order valence-corrected chi connectivity index (χ2v) is 5.82. The highest BCUT2D eigenvalue weighted by Crippen LogP contribution is 2.19. The highest BCUT2D eigenvalue weighted by atomic mass is 127. The second-order valence-electron chi connectivity index (χ2n) is 3.76. The van der Waals surface area contributed by atoms with Crippen molar-refractivity contribution in [3.8, 4) is 0 Å². The first-order chi connectivity index (χ1) is 8.56. The Balaban J connectivity index is 2.24. The van der Waals surface area contributed by atoms with Crippen molar-refractivity contribution in [2.24, 2.45) is 0 Å². The molecule has 0 aliphatic carbocycles. The standard InChI is InChI=1S/C13H10BrIN2O/c1-8-5-6-9(15)7-11(8)17-13(18)10-3-2-4-12(14)16-10/h2-7H,1H3,(H,17,18). The zero-order valence-corrected chi connectivity index (χ0v) is 13.3. The topological polar surface area (TPSA) is 42.0 Å². The lowest BCUT2D eigenvalue weighted by Crippen LogP contribution is -2.14. The average Bonchev–Trinajstić information content (AvgIpc) is 2.34. The van der Waals surface area contributed by atoms with Crippen molar-refractivity contribution in [1.82, 2.24) is 4.98 Å². The first-order valence-electron chi connectivity index (χ1n) is 5.26. The molecule has 0 atom stereocenters. The van der Waals surface area contributed by atoms with E-state index in [4.69, 9.17) is 0 Å². The average molecular weight is 417 g/mol. The molecule has 0 spiro atoms. The van der Waals surface area contributed by atoms with Crippen LogP contribution in [-0.2, 0) is 0 Å². The van der Waals surface area contributed by atoms with Crippen molar-refractivity contribution in [3.63, 3.8) is 0 Å². The van der Waals surface area contributed by atoms with Crippen LogP contribution in [0.25, 0.3) is 0 Å². The summed E-state index contributed by atoms with van der Waals surface area (Å²) in [4.78, 5) is 16.2. The Bertz CT molecular complexity index is 601. The van der Waals surface area contributed by atoms with Crippen LogP contribution in [0.4, 0.5) is 5.69 Å². The molecule has 0 bridgehead atoms. The van der Waals surface area contributed by atoms with E-state index >= 15 is 0 Å². The molecular weight excluding hydrogens is 407 g/mol. The Hall–Kier alpha value is -0.950. The van der Waals surface area contributed by atoms with Crippen LogP contribution in [0.15, 0.2) is 41.0 Å². The maximum atomic E-state index is 12.0. The lowest BCUT2D eigenvalue weighted by molar-refractivity contribution is 0.102. The summed E-state index contributed by atoms with van der Waals surface area (Å²) in [6.07, 6.45) is 0. The van der Waals surface area contributed by atoms with Gasteiger partial charge in [-0.25, -0.2) is 4.98 Å². The molecule has 92 valence electrons. The van der Waals surface area contributed by atoms with Crippen molar-refractivity contribution in [2.75, 3.05) is 5.32 Å². The van der Waals surface area contributed by atoms with Crippen molar-refractivity contribution < 1.29 is 4.79 Å². The van der Waals surface area contributed by atoms with E-state index in [1.807, 2.05) is 25.1 Å². The molecule has 0 saturated heterocycles. The predicted octanol–water partition coefficient (Wildman–Crippen LogP) is 4.01. The van der Waals surface area contributed by atoms with Crippen molar-refractivity contribution in [3.05, 3.63) is 55.8 Å². The second kappa shape index (κ2) is 5.79. The lowest BCUT2D eigenvalue weighted by Gasteiger charge is -2.08. The Labute approximate surface area is 127 Å². The summed E-state index contributed by atoms with van der Waals surface area (Å²) in [6, 6.07) is 11.2. The number of amides is 1. The van der Waals surface area contributed by atoms with Crippen LogP contribution in [0.2, 0.25) is 0 Å². The summed E-state index contributed by atoms with van der Waals surface area (Å²) >= 11 is 5.46. The molecule has 0 aliphatic heterocycles. The number of hydrogen-bond acceptors (Lipinski definition) is 2. The van der Waals surface area contributed by atoms with Gasteiger partial charge in [0.15, 0.2) is 0 Å². The van der Waals surface area contributed by atoms with Gasteiger partial charge in [0.2, 0.25) is 0 Å². The van der Waals surface area contributed by atoms with Crippen molar-refractivity contribution >= 4 is 50.1 Å². The van der Waals surface area contributed by atoms with Gasteiger partial charge in [-0.05, 0) is 75.3 Å². The van der Waals surface area contributed by atoms with E-state index in [1.165, 1.54) is 0 Å². The molecule has 3 nitrogen and oxygen atoms in total. The maximum absolute atomic E-state index is 12.0. The number of anilines is 1. The minimum atomic E-state index is -0.207. The molecule has 1 aromatic heterocycles. The van der Waals surface area contributed by atoms with E-state index in [0.29, 0.717) is 10.3 Å². The Morgan fingerprint density at radius 2 is 2.11 bits per heavy atom. The zero-order chi connectivity index (χ0) is 13.1. The SMILES string of the molecule is Cc1ccc(I)cc1NC(=O)c1cccc(Br)n1. The monoisotopic (exact) mass is 416 g/mol. The maximum Gasteiger partial charge on any atom is 0.274 e.